The first-order valence-electron chi connectivity index (χ1n) is 8.16. The first kappa shape index (κ1) is 12.8. The molecule has 1 aromatic rings. The maximum Gasteiger partial charge on any atom is 0.0657 e. The molecule has 2 N–H and O–H groups in total. The summed E-state index contributed by atoms with van der Waals surface area (Å²) in [7, 11) is 0. The van der Waals surface area contributed by atoms with Crippen molar-refractivity contribution in [2.45, 2.75) is 56.7 Å². The van der Waals surface area contributed by atoms with Gasteiger partial charge in [-0.1, -0.05) is 30.3 Å². The lowest BCUT2D eigenvalue weighted by molar-refractivity contribution is -0.139. The second-order valence-electron chi connectivity index (χ2n) is 7.52. The Balaban J connectivity index is 1.50. The minimum absolute atomic E-state index is 0.315. The second kappa shape index (κ2) is 4.57. The molecule has 6 atom stereocenters. The highest BCUT2D eigenvalue weighted by molar-refractivity contribution is 5.19. The number of rotatable bonds is 3. The standard InChI is InChI=1S/C18H25NO/c1-12(14-5-3-2-4-6-14)19-17-15-7-13-8-16(17)11-18(20,9-13)10-15/h2-6,12-13,15-17,19-20H,7-11H2,1H3/t12-,13?,15-,16+,17?,18?/m0/s1. The van der Waals surface area contributed by atoms with Gasteiger partial charge in [-0.3, -0.25) is 0 Å². The molecule has 0 amide bonds. The van der Waals surface area contributed by atoms with E-state index in [0.29, 0.717) is 23.9 Å². The zero-order chi connectivity index (χ0) is 13.7. The predicted molar refractivity (Wildman–Crippen MR) is 80.3 cm³/mol. The largest absolute Gasteiger partial charge is 0.390 e. The molecule has 0 aliphatic heterocycles. The molecule has 3 unspecified atom stereocenters. The lowest BCUT2D eigenvalue weighted by atomic mass is 9.52. The van der Waals surface area contributed by atoms with Gasteiger partial charge in [0, 0.05) is 12.1 Å². The normalized spacial score (nSPS) is 43.7. The van der Waals surface area contributed by atoms with Crippen LogP contribution < -0.4 is 5.32 Å². The number of benzene rings is 1. The van der Waals surface area contributed by atoms with E-state index in [1.807, 2.05) is 0 Å². The number of hydrogen-bond acceptors (Lipinski definition) is 2. The summed E-state index contributed by atoms with van der Waals surface area (Å²) < 4.78 is 0. The molecular weight excluding hydrogens is 246 g/mol. The van der Waals surface area contributed by atoms with Crippen LogP contribution in [0.2, 0.25) is 0 Å². The highest BCUT2D eigenvalue weighted by atomic mass is 16.3. The molecule has 4 bridgehead atoms. The smallest absolute Gasteiger partial charge is 0.0657 e. The maximum absolute atomic E-state index is 10.6. The van der Waals surface area contributed by atoms with Crippen LogP contribution in [0.1, 0.15) is 50.6 Å². The monoisotopic (exact) mass is 271 g/mol. The van der Waals surface area contributed by atoms with E-state index in [2.05, 4.69) is 42.6 Å². The summed E-state index contributed by atoms with van der Waals surface area (Å²) in [6.45, 7) is 2.27. The molecule has 0 saturated heterocycles. The summed E-state index contributed by atoms with van der Waals surface area (Å²) in [5.41, 5.74) is 1.06. The van der Waals surface area contributed by atoms with Gasteiger partial charge >= 0.3 is 0 Å². The maximum atomic E-state index is 10.6. The van der Waals surface area contributed by atoms with Crippen molar-refractivity contribution in [2.75, 3.05) is 0 Å². The first-order chi connectivity index (χ1) is 9.63. The Morgan fingerprint density at radius 2 is 1.75 bits per heavy atom. The minimum Gasteiger partial charge on any atom is -0.390 e. The van der Waals surface area contributed by atoms with E-state index in [-0.39, 0.29) is 5.60 Å². The van der Waals surface area contributed by atoms with Crippen LogP contribution >= 0.6 is 0 Å². The molecule has 0 heterocycles. The second-order valence-corrected chi connectivity index (χ2v) is 7.52. The molecule has 0 aromatic heterocycles. The summed E-state index contributed by atoms with van der Waals surface area (Å²) in [4.78, 5) is 0. The van der Waals surface area contributed by atoms with Gasteiger partial charge in [-0.25, -0.2) is 0 Å². The van der Waals surface area contributed by atoms with E-state index in [1.54, 1.807) is 0 Å². The topological polar surface area (TPSA) is 32.3 Å². The fourth-order valence-electron chi connectivity index (χ4n) is 5.38. The lowest BCUT2D eigenvalue weighted by Crippen LogP contribution is -2.61. The van der Waals surface area contributed by atoms with E-state index >= 15 is 0 Å². The Hall–Kier alpha value is -0.860. The zero-order valence-electron chi connectivity index (χ0n) is 12.3. The van der Waals surface area contributed by atoms with E-state index in [4.69, 9.17) is 0 Å². The fourth-order valence-corrected chi connectivity index (χ4v) is 5.38. The molecule has 108 valence electrons. The van der Waals surface area contributed by atoms with Crippen molar-refractivity contribution in [1.29, 1.82) is 0 Å². The third kappa shape index (κ3) is 2.10. The number of nitrogens with one attached hydrogen (secondary N) is 1. The van der Waals surface area contributed by atoms with Crippen molar-refractivity contribution in [1.82, 2.24) is 5.32 Å². The van der Waals surface area contributed by atoms with E-state index in [9.17, 15) is 5.11 Å². The molecule has 1 aromatic carbocycles. The average Bonchev–Trinajstić information content (AvgIpc) is 2.42. The molecular formula is C18H25NO. The van der Waals surface area contributed by atoms with Gasteiger partial charge in [0.05, 0.1) is 5.60 Å². The van der Waals surface area contributed by atoms with Gasteiger partial charge < -0.3 is 10.4 Å². The van der Waals surface area contributed by atoms with Crippen LogP contribution in [-0.2, 0) is 0 Å². The zero-order valence-corrected chi connectivity index (χ0v) is 12.3. The third-order valence-electron chi connectivity index (χ3n) is 5.98. The van der Waals surface area contributed by atoms with E-state index in [0.717, 1.165) is 25.2 Å². The van der Waals surface area contributed by atoms with Crippen LogP contribution in [0.3, 0.4) is 0 Å². The Morgan fingerprint density at radius 1 is 1.10 bits per heavy atom. The summed E-state index contributed by atoms with van der Waals surface area (Å²) in [6, 6.07) is 11.8. The summed E-state index contributed by atoms with van der Waals surface area (Å²) in [5.74, 6) is 2.18. The molecule has 4 fully saturated rings. The van der Waals surface area contributed by atoms with Gasteiger partial charge in [0.2, 0.25) is 0 Å². The third-order valence-corrected chi connectivity index (χ3v) is 5.98. The average molecular weight is 271 g/mol. The first-order valence-corrected chi connectivity index (χ1v) is 8.16. The minimum atomic E-state index is -0.315. The van der Waals surface area contributed by atoms with Gasteiger partial charge in [0.25, 0.3) is 0 Å². The van der Waals surface area contributed by atoms with Gasteiger partial charge in [-0.05, 0) is 62.3 Å². The Morgan fingerprint density at radius 3 is 2.35 bits per heavy atom. The summed E-state index contributed by atoms with van der Waals surface area (Å²) >= 11 is 0. The molecule has 2 heteroatoms. The molecule has 4 aliphatic rings. The van der Waals surface area contributed by atoms with Crippen molar-refractivity contribution in [3.05, 3.63) is 35.9 Å². The van der Waals surface area contributed by atoms with Crippen LogP contribution in [0.25, 0.3) is 0 Å². The Kier molecular flexibility index (Phi) is 2.94. The highest BCUT2D eigenvalue weighted by Crippen LogP contribution is 2.55. The summed E-state index contributed by atoms with van der Waals surface area (Å²) in [6.07, 6.45) is 5.79. The van der Waals surface area contributed by atoms with E-state index in [1.165, 1.54) is 18.4 Å². The molecule has 2 nitrogen and oxygen atoms in total. The SMILES string of the molecule is C[C@H](NC1[C@@H]2CC3C[C@H]1CC(O)(C3)C2)c1ccccc1. The molecule has 4 aliphatic carbocycles. The van der Waals surface area contributed by atoms with Crippen molar-refractivity contribution >= 4 is 0 Å². The van der Waals surface area contributed by atoms with Crippen LogP contribution in [0.15, 0.2) is 30.3 Å². The Bertz CT molecular complexity index is 469. The van der Waals surface area contributed by atoms with Crippen LogP contribution in [0.5, 0.6) is 0 Å². The van der Waals surface area contributed by atoms with Crippen molar-refractivity contribution in [3.8, 4) is 0 Å². The Labute approximate surface area is 121 Å². The fraction of sp³-hybridized carbons (Fsp3) is 0.667. The van der Waals surface area contributed by atoms with Gasteiger partial charge in [0.1, 0.15) is 0 Å². The number of aliphatic hydroxyl groups is 1. The highest BCUT2D eigenvalue weighted by Gasteiger charge is 2.54. The lowest BCUT2D eigenvalue weighted by Gasteiger charge is -2.58. The van der Waals surface area contributed by atoms with Crippen LogP contribution in [0.4, 0.5) is 0 Å². The van der Waals surface area contributed by atoms with Gasteiger partial charge in [-0.2, -0.15) is 0 Å². The molecule has 0 radical (unpaired) electrons. The molecule has 0 spiro atoms. The molecule has 4 saturated carbocycles. The van der Waals surface area contributed by atoms with Crippen molar-refractivity contribution in [3.63, 3.8) is 0 Å². The van der Waals surface area contributed by atoms with Crippen LogP contribution in [-0.4, -0.2) is 16.7 Å². The molecule has 20 heavy (non-hydrogen) atoms. The number of hydrogen-bond donors (Lipinski definition) is 2. The quantitative estimate of drug-likeness (QED) is 0.884. The van der Waals surface area contributed by atoms with Gasteiger partial charge in [-0.15, -0.1) is 0 Å². The van der Waals surface area contributed by atoms with Crippen molar-refractivity contribution in [2.24, 2.45) is 17.8 Å². The van der Waals surface area contributed by atoms with Crippen molar-refractivity contribution < 1.29 is 5.11 Å². The summed E-state index contributed by atoms with van der Waals surface area (Å²) in [5, 5.41) is 14.5. The van der Waals surface area contributed by atoms with Crippen LogP contribution in [0, 0.1) is 17.8 Å². The predicted octanol–water partition coefficient (Wildman–Crippen LogP) is 3.28. The molecule has 5 rings (SSSR count). The van der Waals surface area contributed by atoms with Gasteiger partial charge in [0.15, 0.2) is 0 Å². The van der Waals surface area contributed by atoms with E-state index < -0.39 is 0 Å².